The summed E-state index contributed by atoms with van der Waals surface area (Å²) in [5.74, 6) is -0.553. The molecule has 1 saturated heterocycles. The van der Waals surface area contributed by atoms with E-state index in [1.165, 1.54) is 4.90 Å². The summed E-state index contributed by atoms with van der Waals surface area (Å²) < 4.78 is 0. The predicted molar refractivity (Wildman–Crippen MR) is 73.3 cm³/mol. The highest BCUT2D eigenvalue weighted by atomic mass is 32.1. The Bertz CT molecular complexity index is 543. The number of nitrogens with zero attached hydrogens (tertiary/aromatic N) is 3. The lowest BCUT2D eigenvalue weighted by molar-refractivity contribution is -0.130. The van der Waals surface area contributed by atoms with Gasteiger partial charge in [-0.05, 0) is 6.92 Å². The number of hydrogen-bond acceptors (Lipinski definition) is 5. The van der Waals surface area contributed by atoms with Crippen LogP contribution in [0.5, 0.6) is 0 Å². The average molecular weight is 296 g/mol. The SMILES string of the molecule is Cc1ncsc1CCN(C)C(=O)CN1CC(=O)NC1=O. The lowest BCUT2D eigenvalue weighted by atomic mass is 10.3. The monoisotopic (exact) mass is 296 g/mol. The third kappa shape index (κ3) is 3.32. The van der Waals surface area contributed by atoms with Crippen molar-refractivity contribution in [3.05, 3.63) is 16.1 Å². The van der Waals surface area contributed by atoms with E-state index in [1.807, 2.05) is 6.92 Å². The first-order valence-corrected chi connectivity index (χ1v) is 7.07. The maximum absolute atomic E-state index is 12.0. The molecule has 1 aromatic rings. The second-order valence-electron chi connectivity index (χ2n) is 4.64. The van der Waals surface area contributed by atoms with E-state index in [2.05, 4.69) is 10.3 Å². The van der Waals surface area contributed by atoms with Crippen LogP contribution in [0.3, 0.4) is 0 Å². The Labute approximate surface area is 120 Å². The quantitative estimate of drug-likeness (QED) is 0.776. The molecule has 0 bridgehead atoms. The fourth-order valence-corrected chi connectivity index (χ4v) is 2.63. The molecule has 1 aliphatic heterocycles. The smallest absolute Gasteiger partial charge is 0.325 e. The number of urea groups is 1. The molecule has 0 radical (unpaired) electrons. The molecule has 20 heavy (non-hydrogen) atoms. The van der Waals surface area contributed by atoms with Gasteiger partial charge in [0.05, 0.1) is 11.2 Å². The van der Waals surface area contributed by atoms with Gasteiger partial charge in [-0.25, -0.2) is 9.78 Å². The molecule has 0 aliphatic carbocycles. The fraction of sp³-hybridized carbons (Fsp3) is 0.500. The van der Waals surface area contributed by atoms with Crippen LogP contribution in [0.1, 0.15) is 10.6 Å². The van der Waals surface area contributed by atoms with E-state index >= 15 is 0 Å². The molecule has 0 unspecified atom stereocenters. The van der Waals surface area contributed by atoms with Gasteiger partial charge in [-0.15, -0.1) is 11.3 Å². The lowest BCUT2D eigenvalue weighted by Crippen LogP contribution is -2.40. The number of aryl methyl sites for hydroxylation is 1. The minimum absolute atomic E-state index is 0.0492. The summed E-state index contributed by atoms with van der Waals surface area (Å²) in [6, 6.07) is -0.505. The van der Waals surface area contributed by atoms with E-state index in [-0.39, 0.29) is 24.9 Å². The van der Waals surface area contributed by atoms with Crippen LogP contribution in [-0.2, 0) is 16.0 Å². The number of nitrogens with one attached hydrogen (secondary N) is 1. The summed E-state index contributed by atoms with van der Waals surface area (Å²) in [4.78, 5) is 42.4. The first-order valence-electron chi connectivity index (χ1n) is 6.19. The zero-order chi connectivity index (χ0) is 14.7. The molecule has 1 aliphatic rings. The minimum atomic E-state index is -0.505. The minimum Gasteiger partial charge on any atom is -0.344 e. The van der Waals surface area contributed by atoms with E-state index < -0.39 is 6.03 Å². The Kier molecular flexibility index (Phi) is 4.33. The molecule has 2 heterocycles. The highest BCUT2D eigenvalue weighted by Crippen LogP contribution is 2.13. The Morgan fingerprint density at radius 2 is 2.30 bits per heavy atom. The van der Waals surface area contributed by atoms with Gasteiger partial charge in [0.25, 0.3) is 0 Å². The van der Waals surface area contributed by atoms with Gasteiger partial charge in [-0.3, -0.25) is 14.9 Å². The van der Waals surface area contributed by atoms with Crippen molar-refractivity contribution < 1.29 is 14.4 Å². The number of rotatable bonds is 5. The van der Waals surface area contributed by atoms with E-state index in [9.17, 15) is 14.4 Å². The molecule has 0 aromatic carbocycles. The topological polar surface area (TPSA) is 82.6 Å². The van der Waals surface area contributed by atoms with Gasteiger partial charge in [0, 0.05) is 24.9 Å². The number of carbonyl (C=O) groups excluding carboxylic acids is 3. The summed E-state index contributed by atoms with van der Waals surface area (Å²) in [7, 11) is 1.69. The van der Waals surface area contributed by atoms with Gasteiger partial charge in [0.2, 0.25) is 11.8 Å². The van der Waals surface area contributed by atoms with Crippen molar-refractivity contribution >= 4 is 29.2 Å². The lowest BCUT2D eigenvalue weighted by Gasteiger charge is -2.20. The Hall–Kier alpha value is -1.96. The van der Waals surface area contributed by atoms with Crippen LogP contribution in [0.15, 0.2) is 5.51 Å². The second kappa shape index (κ2) is 6.00. The number of aromatic nitrogens is 1. The molecular formula is C12H16N4O3S. The van der Waals surface area contributed by atoms with Gasteiger partial charge in [0.1, 0.15) is 13.1 Å². The third-order valence-electron chi connectivity index (χ3n) is 3.14. The largest absolute Gasteiger partial charge is 0.344 e. The highest BCUT2D eigenvalue weighted by molar-refractivity contribution is 7.09. The van der Waals surface area contributed by atoms with Crippen LogP contribution >= 0.6 is 11.3 Å². The van der Waals surface area contributed by atoms with Crippen LogP contribution in [0.2, 0.25) is 0 Å². The zero-order valence-corrected chi connectivity index (χ0v) is 12.2. The molecule has 0 saturated carbocycles. The second-order valence-corrected chi connectivity index (χ2v) is 5.57. The van der Waals surface area contributed by atoms with Crippen molar-refractivity contribution in [3.8, 4) is 0 Å². The molecule has 8 heteroatoms. The number of imide groups is 1. The summed E-state index contributed by atoms with van der Waals surface area (Å²) in [5, 5.41) is 2.14. The van der Waals surface area contributed by atoms with E-state index in [4.69, 9.17) is 0 Å². The van der Waals surface area contributed by atoms with Gasteiger partial charge >= 0.3 is 6.03 Å². The number of thiazole rings is 1. The van der Waals surface area contributed by atoms with Crippen molar-refractivity contribution in [2.24, 2.45) is 0 Å². The Balaban J connectivity index is 1.82. The van der Waals surface area contributed by atoms with Crippen LogP contribution in [-0.4, -0.2) is 59.3 Å². The normalized spacial score (nSPS) is 14.6. The van der Waals surface area contributed by atoms with Crippen molar-refractivity contribution in [3.63, 3.8) is 0 Å². The number of amides is 4. The van der Waals surface area contributed by atoms with Gasteiger partial charge < -0.3 is 9.80 Å². The van der Waals surface area contributed by atoms with Gasteiger partial charge in [0.15, 0.2) is 0 Å². The molecule has 1 N–H and O–H groups in total. The van der Waals surface area contributed by atoms with E-state index in [0.717, 1.165) is 17.0 Å². The Morgan fingerprint density at radius 3 is 2.85 bits per heavy atom. The molecule has 7 nitrogen and oxygen atoms in total. The maximum Gasteiger partial charge on any atom is 0.325 e. The van der Waals surface area contributed by atoms with Gasteiger partial charge in [-0.1, -0.05) is 0 Å². The standard InChI is InChI=1S/C12H16N4O3S/c1-8-9(20-7-13-8)3-4-15(2)11(18)6-16-5-10(17)14-12(16)19/h7H,3-6H2,1-2H3,(H,14,17,19). The van der Waals surface area contributed by atoms with Crippen LogP contribution in [0.4, 0.5) is 4.79 Å². The van der Waals surface area contributed by atoms with Crippen LogP contribution < -0.4 is 5.32 Å². The molecule has 0 spiro atoms. The maximum atomic E-state index is 12.0. The van der Waals surface area contributed by atoms with Crippen molar-refractivity contribution in [2.45, 2.75) is 13.3 Å². The molecule has 108 valence electrons. The first-order chi connectivity index (χ1) is 9.47. The Morgan fingerprint density at radius 1 is 1.55 bits per heavy atom. The molecule has 4 amide bonds. The van der Waals surface area contributed by atoms with Gasteiger partial charge in [-0.2, -0.15) is 0 Å². The van der Waals surface area contributed by atoms with E-state index in [1.54, 1.807) is 28.8 Å². The number of likely N-dealkylation sites (N-methyl/N-ethyl adjacent to an activating group) is 1. The number of carbonyl (C=O) groups is 3. The molecule has 2 rings (SSSR count). The fourth-order valence-electron chi connectivity index (χ4n) is 1.85. The molecule has 1 aromatic heterocycles. The first kappa shape index (κ1) is 14.4. The summed E-state index contributed by atoms with van der Waals surface area (Å²) in [6.07, 6.45) is 0.740. The highest BCUT2D eigenvalue weighted by Gasteiger charge is 2.28. The molecule has 0 atom stereocenters. The van der Waals surface area contributed by atoms with Crippen molar-refractivity contribution in [1.29, 1.82) is 0 Å². The number of hydrogen-bond donors (Lipinski definition) is 1. The molecular weight excluding hydrogens is 280 g/mol. The van der Waals surface area contributed by atoms with Crippen LogP contribution in [0.25, 0.3) is 0 Å². The third-order valence-corrected chi connectivity index (χ3v) is 4.13. The summed E-state index contributed by atoms with van der Waals surface area (Å²) in [5.41, 5.74) is 2.77. The van der Waals surface area contributed by atoms with Crippen LogP contribution in [0, 0.1) is 6.92 Å². The average Bonchev–Trinajstić information content (AvgIpc) is 2.93. The predicted octanol–water partition coefficient (Wildman–Crippen LogP) is 0.00422. The van der Waals surface area contributed by atoms with Crippen molar-refractivity contribution in [1.82, 2.24) is 20.1 Å². The summed E-state index contributed by atoms with van der Waals surface area (Å²) >= 11 is 1.57. The van der Waals surface area contributed by atoms with E-state index in [0.29, 0.717) is 6.54 Å². The van der Waals surface area contributed by atoms with Crippen molar-refractivity contribution in [2.75, 3.05) is 26.7 Å². The molecule has 1 fully saturated rings. The summed E-state index contributed by atoms with van der Waals surface area (Å²) in [6.45, 7) is 2.38. The zero-order valence-electron chi connectivity index (χ0n) is 11.4.